The second-order valence-corrected chi connectivity index (χ2v) is 10.8. The molecular weight excluding hydrogens is 416 g/mol. The van der Waals surface area contributed by atoms with Gasteiger partial charge in [0.2, 0.25) is 0 Å². The van der Waals surface area contributed by atoms with Crippen LogP contribution in [0.2, 0.25) is 0 Å². The molecule has 0 unspecified atom stereocenters. The third-order valence-corrected chi connectivity index (χ3v) is 8.40. The Kier molecular flexibility index (Phi) is 4.72. The van der Waals surface area contributed by atoms with E-state index in [-0.39, 0.29) is 21.8 Å². The van der Waals surface area contributed by atoms with Crippen LogP contribution in [0, 0.1) is 0 Å². The number of rotatable bonds is 4. The molecule has 1 saturated heterocycles. The first kappa shape index (κ1) is 19.6. The van der Waals surface area contributed by atoms with Gasteiger partial charge in [0, 0.05) is 17.6 Å². The van der Waals surface area contributed by atoms with E-state index in [4.69, 9.17) is 0 Å². The number of hydrogen-bond acceptors (Lipinski definition) is 7. The molecular formula is C19H18N2O6S2. The minimum absolute atomic E-state index is 0.0547. The molecule has 29 heavy (non-hydrogen) atoms. The van der Waals surface area contributed by atoms with Gasteiger partial charge >= 0.3 is 0 Å². The molecule has 152 valence electrons. The highest BCUT2D eigenvalue weighted by atomic mass is 32.2. The first-order chi connectivity index (χ1) is 13.7. The largest absolute Gasteiger partial charge is 0.508 e. The fourth-order valence-electron chi connectivity index (χ4n) is 3.56. The van der Waals surface area contributed by atoms with Crippen LogP contribution in [-0.4, -0.2) is 55.7 Å². The summed E-state index contributed by atoms with van der Waals surface area (Å²) in [7, 11) is -7.96. The summed E-state index contributed by atoms with van der Waals surface area (Å²) in [5.74, 6) is -1.24. The molecule has 8 nitrogen and oxygen atoms in total. The summed E-state index contributed by atoms with van der Waals surface area (Å²) in [5, 5.41) is 20.9. The molecule has 0 radical (unpaired) electrons. The van der Waals surface area contributed by atoms with Crippen LogP contribution in [-0.2, 0) is 19.9 Å². The highest BCUT2D eigenvalue weighted by Gasteiger charge is 2.45. The predicted molar refractivity (Wildman–Crippen MR) is 108 cm³/mol. The fraction of sp³-hybridized carbons (Fsp3) is 0.211. The second kappa shape index (κ2) is 6.97. The zero-order chi connectivity index (χ0) is 20.8. The number of aliphatic hydroxyl groups excluding tert-OH is 1. The number of sulfone groups is 1. The maximum atomic E-state index is 13.7. The van der Waals surface area contributed by atoms with Crippen molar-refractivity contribution in [3.05, 3.63) is 60.8 Å². The Balaban J connectivity index is 1.95. The lowest BCUT2D eigenvalue weighted by Crippen LogP contribution is -2.47. The van der Waals surface area contributed by atoms with Crippen molar-refractivity contribution in [1.82, 2.24) is 4.98 Å². The van der Waals surface area contributed by atoms with E-state index in [1.54, 1.807) is 24.3 Å². The maximum absolute atomic E-state index is 13.7. The highest BCUT2D eigenvalue weighted by Crippen LogP contribution is 2.34. The third-order valence-electron chi connectivity index (χ3n) is 4.81. The second-order valence-electron chi connectivity index (χ2n) is 6.86. The van der Waals surface area contributed by atoms with E-state index in [1.807, 2.05) is 0 Å². The number of anilines is 1. The van der Waals surface area contributed by atoms with Crippen LogP contribution in [0.4, 0.5) is 5.69 Å². The average molecular weight is 434 g/mol. The average Bonchev–Trinajstić information content (AvgIpc) is 2.93. The van der Waals surface area contributed by atoms with E-state index < -0.39 is 43.5 Å². The summed E-state index contributed by atoms with van der Waals surface area (Å²) >= 11 is 0. The summed E-state index contributed by atoms with van der Waals surface area (Å²) < 4.78 is 52.5. The molecule has 0 aliphatic carbocycles. The number of para-hydroxylation sites is 1. The Morgan fingerprint density at radius 2 is 1.76 bits per heavy atom. The summed E-state index contributed by atoms with van der Waals surface area (Å²) in [6.07, 6.45) is 0.0645. The SMILES string of the molecule is O=S1(=O)C[C@@H](O)[C@H](N(c2cccc(O)c2)S(=O)(=O)c2cccc3cccnc23)C1. The number of pyridine rings is 1. The van der Waals surface area contributed by atoms with Gasteiger partial charge in [-0.3, -0.25) is 9.29 Å². The number of aromatic nitrogens is 1. The van der Waals surface area contributed by atoms with Crippen molar-refractivity contribution in [2.75, 3.05) is 15.8 Å². The third kappa shape index (κ3) is 3.54. The number of benzene rings is 2. The van der Waals surface area contributed by atoms with E-state index in [9.17, 15) is 27.0 Å². The van der Waals surface area contributed by atoms with Gasteiger partial charge in [-0.05, 0) is 24.3 Å². The molecule has 2 N–H and O–H groups in total. The molecule has 1 aliphatic rings. The molecule has 4 rings (SSSR count). The van der Waals surface area contributed by atoms with Crippen LogP contribution in [0.5, 0.6) is 5.75 Å². The number of phenols is 1. The fourth-order valence-corrected chi connectivity index (χ4v) is 7.27. The van der Waals surface area contributed by atoms with Crippen molar-refractivity contribution in [2.24, 2.45) is 0 Å². The number of hydrogen-bond donors (Lipinski definition) is 2. The van der Waals surface area contributed by atoms with Crippen molar-refractivity contribution in [3.63, 3.8) is 0 Å². The molecule has 2 atom stereocenters. The van der Waals surface area contributed by atoms with E-state index in [2.05, 4.69) is 4.98 Å². The Hall–Kier alpha value is -2.69. The molecule has 1 aliphatic heterocycles. The van der Waals surface area contributed by atoms with Crippen LogP contribution in [0.25, 0.3) is 10.9 Å². The Bertz CT molecular complexity index is 1290. The van der Waals surface area contributed by atoms with Crippen LogP contribution < -0.4 is 4.31 Å². The summed E-state index contributed by atoms with van der Waals surface area (Å²) in [5.41, 5.74) is 0.287. The summed E-state index contributed by atoms with van der Waals surface area (Å²) in [4.78, 5) is 4.06. The number of nitrogens with zero attached hydrogens (tertiary/aromatic N) is 2. The Labute approximate surface area is 168 Å². The van der Waals surface area contributed by atoms with Gasteiger partial charge in [0.1, 0.15) is 10.6 Å². The lowest BCUT2D eigenvalue weighted by atomic mass is 10.2. The van der Waals surface area contributed by atoms with Crippen LogP contribution in [0.1, 0.15) is 0 Å². The molecule has 3 aromatic rings. The van der Waals surface area contributed by atoms with Crippen LogP contribution in [0.3, 0.4) is 0 Å². The molecule has 0 amide bonds. The van der Waals surface area contributed by atoms with Crippen molar-refractivity contribution < 1.29 is 27.0 Å². The summed E-state index contributed by atoms with van der Waals surface area (Å²) in [6.45, 7) is 0. The quantitative estimate of drug-likeness (QED) is 0.634. The number of fused-ring (bicyclic) bond motifs is 1. The van der Waals surface area contributed by atoms with Crippen molar-refractivity contribution in [1.29, 1.82) is 0 Å². The zero-order valence-electron chi connectivity index (χ0n) is 15.1. The molecule has 2 aromatic carbocycles. The van der Waals surface area contributed by atoms with Gasteiger partial charge in [-0.25, -0.2) is 16.8 Å². The monoisotopic (exact) mass is 434 g/mol. The number of sulfonamides is 1. The van der Waals surface area contributed by atoms with Crippen molar-refractivity contribution in [2.45, 2.75) is 17.0 Å². The molecule has 1 fully saturated rings. The molecule has 0 saturated carbocycles. The topological polar surface area (TPSA) is 125 Å². The lowest BCUT2D eigenvalue weighted by Gasteiger charge is -2.31. The van der Waals surface area contributed by atoms with Crippen LogP contribution >= 0.6 is 0 Å². The van der Waals surface area contributed by atoms with Gasteiger partial charge in [0.25, 0.3) is 10.0 Å². The molecule has 2 heterocycles. The standard InChI is InChI=1S/C19H18N2O6S2/c22-15-7-2-6-14(10-15)21(16-11-28(24,25)12-17(16)23)29(26,27)18-8-1-4-13-5-3-9-20-19(13)18/h1-10,16-17,22-23H,11-12H2/t16-,17-/m1/s1. The highest BCUT2D eigenvalue weighted by molar-refractivity contribution is 7.93. The van der Waals surface area contributed by atoms with E-state index in [1.165, 1.54) is 36.5 Å². The first-order valence-corrected chi connectivity index (χ1v) is 12.0. The van der Waals surface area contributed by atoms with Crippen molar-refractivity contribution >= 4 is 36.5 Å². The predicted octanol–water partition coefficient (Wildman–Crippen LogP) is 1.29. The van der Waals surface area contributed by atoms with Gasteiger partial charge in [-0.1, -0.05) is 24.3 Å². The van der Waals surface area contributed by atoms with E-state index in [0.29, 0.717) is 5.39 Å². The minimum atomic E-state index is -4.33. The Morgan fingerprint density at radius 3 is 2.45 bits per heavy atom. The van der Waals surface area contributed by atoms with Gasteiger partial charge in [0.15, 0.2) is 9.84 Å². The number of phenolic OH excluding ortho intramolecular Hbond substituents is 1. The van der Waals surface area contributed by atoms with E-state index >= 15 is 0 Å². The van der Waals surface area contributed by atoms with E-state index in [0.717, 1.165) is 4.31 Å². The smallest absolute Gasteiger partial charge is 0.266 e. The first-order valence-electron chi connectivity index (χ1n) is 8.75. The Morgan fingerprint density at radius 1 is 1.03 bits per heavy atom. The van der Waals surface area contributed by atoms with Gasteiger partial charge in [-0.15, -0.1) is 0 Å². The lowest BCUT2D eigenvalue weighted by molar-refractivity contribution is 0.184. The zero-order valence-corrected chi connectivity index (χ0v) is 16.7. The minimum Gasteiger partial charge on any atom is -0.508 e. The number of aliphatic hydroxyl groups is 1. The van der Waals surface area contributed by atoms with Gasteiger partial charge < -0.3 is 10.2 Å². The molecule has 0 spiro atoms. The van der Waals surface area contributed by atoms with Crippen LogP contribution in [0.15, 0.2) is 65.7 Å². The number of aromatic hydroxyl groups is 1. The molecule has 1 aromatic heterocycles. The van der Waals surface area contributed by atoms with Gasteiger partial charge in [0.05, 0.1) is 34.9 Å². The molecule has 0 bridgehead atoms. The maximum Gasteiger partial charge on any atom is 0.266 e. The van der Waals surface area contributed by atoms with Gasteiger partial charge in [-0.2, -0.15) is 0 Å². The molecule has 10 heteroatoms. The van der Waals surface area contributed by atoms with Crippen molar-refractivity contribution in [3.8, 4) is 5.75 Å². The summed E-state index contributed by atoms with van der Waals surface area (Å²) in [6, 6.07) is 12.3. The normalized spacial score (nSPS) is 21.3.